The van der Waals surface area contributed by atoms with Crippen LogP contribution in [0.4, 0.5) is 23.2 Å². The molecule has 0 spiro atoms. The molecule has 0 aliphatic rings. The number of benzene rings is 1. The number of furan rings is 1. The summed E-state index contributed by atoms with van der Waals surface area (Å²) in [5.41, 5.74) is 0.260. The number of ether oxygens (including phenoxy) is 1. The second-order valence-electron chi connectivity index (χ2n) is 7.44. The summed E-state index contributed by atoms with van der Waals surface area (Å²) in [5, 5.41) is 9.19. The molecule has 0 unspecified atom stereocenters. The minimum absolute atomic E-state index is 0.0512. The largest absolute Gasteiger partial charge is 0.479 e. The van der Waals surface area contributed by atoms with E-state index in [1.165, 1.54) is 30.1 Å². The van der Waals surface area contributed by atoms with Crippen LogP contribution in [0.25, 0.3) is 0 Å². The number of nitrogens with one attached hydrogen (secondary N) is 2. The van der Waals surface area contributed by atoms with Gasteiger partial charge in [0.25, 0.3) is 11.8 Å². The summed E-state index contributed by atoms with van der Waals surface area (Å²) in [4.78, 5) is 24.9. The molecule has 2 amide bonds. The van der Waals surface area contributed by atoms with E-state index < -0.39 is 47.4 Å². The summed E-state index contributed by atoms with van der Waals surface area (Å²) in [6.07, 6.45) is 1.29. The number of nitrogens with zero attached hydrogens (tertiary/aromatic N) is 2. The van der Waals surface area contributed by atoms with Crippen molar-refractivity contribution in [1.82, 2.24) is 15.1 Å². The van der Waals surface area contributed by atoms with E-state index in [-0.39, 0.29) is 34.9 Å². The second-order valence-corrected chi connectivity index (χ2v) is 7.44. The van der Waals surface area contributed by atoms with Gasteiger partial charge in [-0.3, -0.25) is 14.3 Å². The topological polar surface area (TPSA) is 98.4 Å². The average Bonchev–Trinajstić information content (AvgIpc) is 3.37. The molecule has 3 rings (SSSR count). The van der Waals surface area contributed by atoms with Crippen LogP contribution in [0, 0.1) is 29.2 Å². The van der Waals surface area contributed by atoms with Crippen LogP contribution in [0.2, 0.25) is 0 Å². The minimum Gasteiger partial charge on any atom is -0.479 e. The van der Waals surface area contributed by atoms with E-state index in [0.717, 1.165) is 0 Å². The SMILES string of the molecule is CC(C)CNC(=O)c1c(NC(=O)c2ccc(COc3c(F)c(F)cc(F)c3F)o2)cnn1C. The number of aromatic nitrogens is 2. The second kappa shape index (κ2) is 9.76. The van der Waals surface area contributed by atoms with Gasteiger partial charge in [-0.15, -0.1) is 0 Å². The predicted octanol–water partition coefficient (Wildman–Crippen LogP) is 3.79. The highest BCUT2D eigenvalue weighted by Gasteiger charge is 2.23. The lowest BCUT2D eigenvalue weighted by Gasteiger charge is -2.10. The van der Waals surface area contributed by atoms with Gasteiger partial charge in [0.1, 0.15) is 18.1 Å². The number of aryl methyl sites for hydroxylation is 1. The van der Waals surface area contributed by atoms with Crippen LogP contribution >= 0.6 is 0 Å². The first-order chi connectivity index (χ1) is 15.6. The lowest BCUT2D eigenvalue weighted by atomic mass is 10.2. The van der Waals surface area contributed by atoms with Crippen LogP contribution in [-0.2, 0) is 13.7 Å². The van der Waals surface area contributed by atoms with Crippen molar-refractivity contribution in [1.29, 1.82) is 0 Å². The van der Waals surface area contributed by atoms with Crippen molar-refractivity contribution in [3.63, 3.8) is 0 Å². The molecule has 0 aliphatic heterocycles. The molecule has 1 aromatic carbocycles. The van der Waals surface area contributed by atoms with Gasteiger partial charge in [0.15, 0.2) is 23.1 Å². The van der Waals surface area contributed by atoms with Crippen molar-refractivity contribution in [3.05, 3.63) is 64.9 Å². The summed E-state index contributed by atoms with van der Waals surface area (Å²) in [7, 11) is 1.54. The van der Waals surface area contributed by atoms with Crippen LogP contribution in [0.15, 0.2) is 28.8 Å². The summed E-state index contributed by atoms with van der Waals surface area (Å²) < 4.78 is 65.3. The fraction of sp³-hybridized carbons (Fsp3) is 0.286. The van der Waals surface area contributed by atoms with Gasteiger partial charge >= 0.3 is 0 Å². The molecule has 3 aromatic rings. The summed E-state index contributed by atoms with van der Waals surface area (Å²) in [5.74, 6) is -9.09. The van der Waals surface area contributed by atoms with E-state index in [0.29, 0.717) is 6.54 Å². The maximum Gasteiger partial charge on any atom is 0.291 e. The molecule has 0 saturated carbocycles. The van der Waals surface area contributed by atoms with E-state index in [1.807, 2.05) is 13.8 Å². The maximum absolute atomic E-state index is 13.7. The molecular weight excluding hydrogens is 448 g/mol. The monoisotopic (exact) mass is 468 g/mol. The van der Waals surface area contributed by atoms with Gasteiger partial charge in [0.2, 0.25) is 11.6 Å². The van der Waals surface area contributed by atoms with E-state index in [1.54, 1.807) is 0 Å². The normalized spacial score (nSPS) is 11.0. The Bertz CT molecular complexity index is 1160. The Kier molecular flexibility index (Phi) is 7.04. The van der Waals surface area contributed by atoms with Crippen LogP contribution in [0.1, 0.15) is 40.7 Å². The van der Waals surface area contributed by atoms with Crippen molar-refractivity contribution in [2.75, 3.05) is 11.9 Å². The molecule has 2 aromatic heterocycles. The lowest BCUT2D eigenvalue weighted by molar-refractivity contribution is 0.0940. The molecule has 0 bridgehead atoms. The molecule has 2 heterocycles. The Hall–Kier alpha value is -3.83. The Morgan fingerprint density at radius 2 is 1.79 bits per heavy atom. The zero-order valence-corrected chi connectivity index (χ0v) is 17.8. The van der Waals surface area contributed by atoms with Crippen LogP contribution in [0.5, 0.6) is 5.75 Å². The van der Waals surface area contributed by atoms with Crippen molar-refractivity contribution in [2.45, 2.75) is 20.5 Å². The Labute approximate surface area is 185 Å². The predicted molar refractivity (Wildman–Crippen MR) is 108 cm³/mol. The zero-order valence-electron chi connectivity index (χ0n) is 17.8. The lowest BCUT2D eigenvalue weighted by Crippen LogP contribution is -2.30. The van der Waals surface area contributed by atoms with E-state index in [9.17, 15) is 27.2 Å². The van der Waals surface area contributed by atoms with Gasteiger partial charge in [-0.05, 0) is 18.1 Å². The first-order valence-corrected chi connectivity index (χ1v) is 9.74. The summed E-state index contributed by atoms with van der Waals surface area (Å²) in [6.45, 7) is 3.67. The molecule has 0 fully saturated rings. The Balaban J connectivity index is 1.69. The highest BCUT2D eigenvalue weighted by Crippen LogP contribution is 2.27. The van der Waals surface area contributed by atoms with Crippen LogP contribution in [-0.4, -0.2) is 28.1 Å². The maximum atomic E-state index is 13.7. The Morgan fingerprint density at radius 3 is 2.42 bits per heavy atom. The van der Waals surface area contributed by atoms with E-state index >= 15 is 0 Å². The molecule has 33 heavy (non-hydrogen) atoms. The van der Waals surface area contributed by atoms with Gasteiger partial charge < -0.3 is 19.8 Å². The van der Waals surface area contributed by atoms with Crippen LogP contribution < -0.4 is 15.4 Å². The number of anilines is 1. The first-order valence-electron chi connectivity index (χ1n) is 9.74. The highest BCUT2D eigenvalue weighted by atomic mass is 19.2. The molecule has 2 N–H and O–H groups in total. The molecule has 176 valence electrons. The zero-order chi connectivity index (χ0) is 24.3. The van der Waals surface area contributed by atoms with Gasteiger partial charge in [-0.1, -0.05) is 13.8 Å². The van der Waals surface area contributed by atoms with Crippen LogP contribution in [0.3, 0.4) is 0 Å². The average molecular weight is 468 g/mol. The molecule has 0 saturated heterocycles. The summed E-state index contributed by atoms with van der Waals surface area (Å²) >= 11 is 0. The molecule has 0 atom stereocenters. The number of hydrogen-bond donors (Lipinski definition) is 2. The first kappa shape index (κ1) is 23.8. The van der Waals surface area contributed by atoms with Gasteiger partial charge in [0, 0.05) is 19.7 Å². The smallest absolute Gasteiger partial charge is 0.291 e. The minimum atomic E-state index is -1.70. The molecule has 12 heteroatoms. The third-order valence-corrected chi connectivity index (χ3v) is 4.39. The molecule has 0 radical (unpaired) electrons. The van der Waals surface area contributed by atoms with E-state index in [2.05, 4.69) is 15.7 Å². The van der Waals surface area contributed by atoms with Crippen molar-refractivity contribution in [2.24, 2.45) is 13.0 Å². The van der Waals surface area contributed by atoms with Gasteiger partial charge in [0.05, 0.1) is 11.9 Å². The van der Waals surface area contributed by atoms with Gasteiger partial charge in [-0.25, -0.2) is 8.78 Å². The molecule has 8 nitrogen and oxygen atoms in total. The number of amides is 2. The Morgan fingerprint density at radius 1 is 1.12 bits per heavy atom. The quantitative estimate of drug-likeness (QED) is 0.387. The fourth-order valence-corrected chi connectivity index (χ4v) is 2.76. The van der Waals surface area contributed by atoms with Crippen molar-refractivity contribution in [3.8, 4) is 5.75 Å². The number of hydrogen-bond acceptors (Lipinski definition) is 5. The number of rotatable bonds is 8. The van der Waals surface area contributed by atoms with Crippen molar-refractivity contribution < 1.29 is 36.3 Å². The number of halogens is 4. The molecule has 0 aliphatic carbocycles. The highest BCUT2D eigenvalue weighted by molar-refractivity contribution is 6.07. The number of carbonyl (C=O) groups is 2. The van der Waals surface area contributed by atoms with E-state index in [4.69, 9.17) is 9.15 Å². The molecular formula is C21H20F4N4O4. The van der Waals surface area contributed by atoms with Crippen molar-refractivity contribution >= 4 is 17.5 Å². The fourth-order valence-electron chi connectivity index (χ4n) is 2.76. The van der Waals surface area contributed by atoms with Gasteiger partial charge in [-0.2, -0.15) is 13.9 Å². The summed E-state index contributed by atoms with van der Waals surface area (Å²) in [6, 6.07) is 2.59. The number of carbonyl (C=O) groups excluding carboxylic acids is 2. The third kappa shape index (κ3) is 5.33. The standard InChI is InChI=1S/C21H20F4N4O4/c1-10(2)7-26-21(31)18-14(8-27-29(18)3)28-20(30)15-5-4-11(33-15)9-32-19-16(24)12(22)6-13(23)17(19)25/h4-6,8,10H,7,9H2,1-3H3,(H,26,31)(H,28,30). The third-order valence-electron chi connectivity index (χ3n) is 4.39.